The molecule has 1 saturated heterocycles. The summed E-state index contributed by atoms with van der Waals surface area (Å²) in [7, 11) is 1.39. The van der Waals surface area contributed by atoms with Crippen LogP contribution in [0.25, 0.3) is 0 Å². The fourth-order valence-electron chi connectivity index (χ4n) is 2.41. The Morgan fingerprint density at radius 1 is 1.37 bits per heavy atom. The number of rotatable bonds is 3. The summed E-state index contributed by atoms with van der Waals surface area (Å²) in [6, 6.07) is 6.69. The summed E-state index contributed by atoms with van der Waals surface area (Å²) < 4.78 is 4.73. The number of piperidine rings is 1. The molecule has 102 valence electrons. The number of nitro groups is 1. The number of anilines is 1. The second-order valence-corrected chi connectivity index (χ2v) is 4.53. The standard InChI is InChI=1S/C13H16N2O4/c1-19-13(16)10-6-8-14(9-7-10)11-4-2-3-5-12(11)15(17)18/h2-5,10H,6-9H2,1H3. The second kappa shape index (κ2) is 5.69. The second-order valence-electron chi connectivity index (χ2n) is 4.53. The third kappa shape index (κ3) is 2.83. The average Bonchev–Trinajstić information content (AvgIpc) is 2.46. The van der Waals surface area contributed by atoms with Crippen LogP contribution in [0, 0.1) is 16.0 Å². The Hall–Kier alpha value is -2.11. The van der Waals surface area contributed by atoms with Crippen molar-refractivity contribution in [3.05, 3.63) is 34.4 Å². The molecule has 1 aromatic rings. The van der Waals surface area contributed by atoms with Crippen molar-refractivity contribution in [2.24, 2.45) is 5.92 Å². The number of nitrogens with zero attached hydrogens (tertiary/aromatic N) is 2. The van der Waals surface area contributed by atoms with Crippen molar-refractivity contribution in [2.75, 3.05) is 25.1 Å². The normalized spacial score (nSPS) is 16.2. The highest BCUT2D eigenvalue weighted by atomic mass is 16.6. The number of carbonyl (C=O) groups is 1. The summed E-state index contributed by atoms with van der Waals surface area (Å²) in [5.41, 5.74) is 0.731. The van der Waals surface area contributed by atoms with Gasteiger partial charge in [-0.25, -0.2) is 0 Å². The lowest BCUT2D eigenvalue weighted by molar-refractivity contribution is -0.384. The van der Waals surface area contributed by atoms with E-state index in [4.69, 9.17) is 4.74 Å². The first-order valence-electron chi connectivity index (χ1n) is 6.19. The van der Waals surface area contributed by atoms with Crippen molar-refractivity contribution < 1.29 is 14.5 Å². The molecule has 0 N–H and O–H groups in total. The highest BCUT2D eigenvalue weighted by Crippen LogP contribution is 2.31. The number of hydrogen-bond acceptors (Lipinski definition) is 5. The van der Waals surface area contributed by atoms with Gasteiger partial charge in [-0.3, -0.25) is 14.9 Å². The predicted molar refractivity (Wildman–Crippen MR) is 70.0 cm³/mol. The lowest BCUT2D eigenvalue weighted by atomic mass is 9.96. The van der Waals surface area contributed by atoms with Gasteiger partial charge in [0, 0.05) is 19.2 Å². The van der Waals surface area contributed by atoms with Crippen molar-refractivity contribution in [2.45, 2.75) is 12.8 Å². The molecule has 1 aliphatic heterocycles. The molecule has 0 aliphatic carbocycles. The van der Waals surface area contributed by atoms with Gasteiger partial charge in [0.05, 0.1) is 18.0 Å². The van der Waals surface area contributed by atoms with Crippen LogP contribution in [0.4, 0.5) is 11.4 Å². The Bertz CT molecular complexity index is 481. The van der Waals surface area contributed by atoms with Gasteiger partial charge < -0.3 is 9.64 Å². The summed E-state index contributed by atoms with van der Waals surface area (Å²) in [5, 5.41) is 11.0. The summed E-state index contributed by atoms with van der Waals surface area (Å²) in [6.45, 7) is 1.26. The molecule has 0 spiro atoms. The number of benzene rings is 1. The molecule has 6 nitrogen and oxygen atoms in total. The maximum atomic E-state index is 11.4. The number of esters is 1. The van der Waals surface area contributed by atoms with Gasteiger partial charge in [0.25, 0.3) is 5.69 Å². The van der Waals surface area contributed by atoms with Gasteiger partial charge >= 0.3 is 5.97 Å². The molecule has 0 atom stereocenters. The Morgan fingerprint density at radius 3 is 2.58 bits per heavy atom. The highest BCUT2D eigenvalue weighted by molar-refractivity contribution is 5.73. The monoisotopic (exact) mass is 264 g/mol. The fourth-order valence-corrected chi connectivity index (χ4v) is 2.41. The summed E-state index contributed by atoms with van der Waals surface area (Å²) >= 11 is 0. The van der Waals surface area contributed by atoms with E-state index in [0.717, 1.165) is 0 Å². The minimum atomic E-state index is -0.373. The van der Waals surface area contributed by atoms with Crippen molar-refractivity contribution >= 4 is 17.3 Å². The molecule has 1 heterocycles. The maximum absolute atomic E-state index is 11.4. The molecule has 1 fully saturated rings. The number of para-hydroxylation sites is 2. The lowest BCUT2D eigenvalue weighted by Gasteiger charge is -2.31. The van der Waals surface area contributed by atoms with Crippen molar-refractivity contribution in [3.8, 4) is 0 Å². The smallest absolute Gasteiger partial charge is 0.308 e. The zero-order valence-electron chi connectivity index (χ0n) is 10.7. The minimum Gasteiger partial charge on any atom is -0.469 e. The largest absolute Gasteiger partial charge is 0.469 e. The van der Waals surface area contributed by atoms with E-state index in [2.05, 4.69) is 0 Å². The van der Waals surface area contributed by atoms with Crippen LogP contribution in [-0.2, 0) is 9.53 Å². The zero-order chi connectivity index (χ0) is 13.8. The van der Waals surface area contributed by atoms with E-state index in [-0.39, 0.29) is 22.5 Å². The molecule has 0 aromatic heterocycles. The molecule has 19 heavy (non-hydrogen) atoms. The summed E-state index contributed by atoms with van der Waals surface area (Å²) in [4.78, 5) is 24.0. The third-order valence-corrected chi connectivity index (χ3v) is 3.45. The van der Waals surface area contributed by atoms with Crippen LogP contribution in [0.5, 0.6) is 0 Å². The zero-order valence-corrected chi connectivity index (χ0v) is 10.7. The number of hydrogen-bond donors (Lipinski definition) is 0. The molecule has 6 heteroatoms. The van der Waals surface area contributed by atoms with Crippen molar-refractivity contribution in [3.63, 3.8) is 0 Å². The molecule has 1 aromatic carbocycles. The number of methoxy groups -OCH3 is 1. The predicted octanol–water partition coefficient (Wildman–Crippen LogP) is 1.98. The maximum Gasteiger partial charge on any atom is 0.308 e. The van der Waals surface area contributed by atoms with Crippen LogP contribution in [0.3, 0.4) is 0 Å². The van der Waals surface area contributed by atoms with Gasteiger partial charge in [-0.15, -0.1) is 0 Å². The molecule has 0 unspecified atom stereocenters. The van der Waals surface area contributed by atoms with Crippen molar-refractivity contribution in [1.82, 2.24) is 0 Å². The SMILES string of the molecule is COC(=O)C1CCN(c2ccccc2[N+](=O)[O-])CC1. The van der Waals surface area contributed by atoms with E-state index < -0.39 is 0 Å². The Kier molecular flexibility index (Phi) is 3.99. The van der Waals surface area contributed by atoms with E-state index in [0.29, 0.717) is 31.6 Å². The van der Waals surface area contributed by atoms with Crippen LogP contribution in [0.1, 0.15) is 12.8 Å². The van der Waals surface area contributed by atoms with Crippen LogP contribution < -0.4 is 4.90 Å². The van der Waals surface area contributed by atoms with Gasteiger partial charge in [0.1, 0.15) is 5.69 Å². The molecule has 0 saturated carbocycles. The van der Waals surface area contributed by atoms with Gasteiger partial charge in [0.2, 0.25) is 0 Å². The Balaban J connectivity index is 2.10. The molecule has 0 amide bonds. The molecule has 0 bridgehead atoms. The van der Waals surface area contributed by atoms with Crippen LogP contribution in [-0.4, -0.2) is 31.1 Å². The first-order valence-corrected chi connectivity index (χ1v) is 6.19. The first kappa shape index (κ1) is 13.3. The van der Waals surface area contributed by atoms with Crippen molar-refractivity contribution in [1.29, 1.82) is 0 Å². The summed E-state index contributed by atoms with van der Waals surface area (Å²) in [6.07, 6.45) is 1.33. The van der Waals surface area contributed by atoms with E-state index in [1.54, 1.807) is 18.2 Å². The number of ether oxygens (including phenoxy) is 1. The van der Waals surface area contributed by atoms with E-state index in [1.807, 2.05) is 4.90 Å². The van der Waals surface area contributed by atoms with Gasteiger partial charge in [-0.05, 0) is 18.9 Å². The number of nitro benzene ring substituents is 1. The molecule has 0 radical (unpaired) electrons. The topological polar surface area (TPSA) is 72.7 Å². The quantitative estimate of drug-likeness (QED) is 0.474. The van der Waals surface area contributed by atoms with Crippen LogP contribution in [0.2, 0.25) is 0 Å². The Morgan fingerprint density at radius 2 is 2.00 bits per heavy atom. The van der Waals surface area contributed by atoms with Gasteiger partial charge in [0.15, 0.2) is 0 Å². The molecule has 1 aliphatic rings. The first-order chi connectivity index (χ1) is 9.13. The van der Waals surface area contributed by atoms with Gasteiger partial charge in [-0.2, -0.15) is 0 Å². The van der Waals surface area contributed by atoms with E-state index >= 15 is 0 Å². The molecule has 2 rings (SSSR count). The third-order valence-electron chi connectivity index (χ3n) is 3.45. The molecular formula is C13H16N2O4. The van der Waals surface area contributed by atoms with E-state index in [1.165, 1.54) is 13.2 Å². The van der Waals surface area contributed by atoms with Crippen LogP contribution >= 0.6 is 0 Å². The van der Waals surface area contributed by atoms with Crippen LogP contribution in [0.15, 0.2) is 24.3 Å². The molecular weight excluding hydrogens is 248 g/mol. The van der Waals surface area contributed by atoms with E-state index in [9.17, 15) is 14.9 Å². The highest BCUT2D eigenvalue weighted by Gasteiger charge is 2.28. The van der Waals surface area contributed by atoms with Gasteiger partial charge in [-0.1, -0.05) is 12.1 Å². The number of carbonyl (C=O) groups excluding carboxylic acids is 1. The minimum absolute atomic E-state index is 0.0935. The Labute approximate surface area is 111 Å². The average molecular weight is 264 g/mol. The summed E-state index contributed by atoms with van der Waals surface area (Å²) in [5.74, 6) is -0.286. The lowest BCUT2D eigenvalue weighted by Crippen LogP contribution is -2.37. The fraction of sp³-hybridized carbons (Fsp3) is 0.462.